The Balaban J connectivity index is 1.75. The number of rotatable bonds is 1. The molecule has 3 nitrogen and oxygen atoms in total. The quantitative estimate of drug-likeness (QED) is 0.763. The monoisotopic (exact) mass is 256 g/mol. The molecule has 2 saturated heterocycles. The van der Waals surface area contributed by atoms with Gasteiger partial charge in [0.25, 0.3) is 0 Å². The summed E-state index contributed by atoms with van der Waals surface area (Å²) >= 11 is 0. The zero-order chi connectivity index (χ0) is 13.4. The molecule has 0 spiro atoms. The fourth-order valence-corrected chi connectivity index (χ4v) is 3.34. The van der Waals surface area contributed by atoms with Crippen LogP contribution in [0.15, 0.2) is 36.4 Å². The van der Waals surface area contributed by atoms with Crippen molar-refractivity contribution < 1.29 is 4.79 Å². The third-order valence-electron chi connectivity index (χ3n) is 4.29. The smallest absolute Gasteiger partial charge is 0.318 e. The molecule has 0 saturated carbocycles. The van der Waals surface area contributed by atoms with Gasteiger partial charge in [0, 0.05) is 17.8 Å². The summed E-state index contributed by atoms with van der Waals surface area (Å²) in [5, 5.41) is 3.05. The van der Waals surface area contributed by atoms with E-state index in [0.717, 1.165) is 36.9 Å². The predicted molar refractivity (Wildman–Crippen MR) is 77.2 cm³/mol. The van der Waals surface area contributed by atoms with Crippen LogP contribution in [0.3, 0.4) is 0 Å². The second-order valence-electron chi connectivity index (χ2n) is 5.70. The van der Waals surface area contributed by atoms with Gasteiger partial charge < -0.3 is 10.2 Å². The first-order chi connectivity index (χ1) is 9.15. The molecule has 2 aliphatic rings. The fraction of sp³-hybridized carbons (Fsp3) is 0.438. The molecular weight excluding hydrogens is 236 g/mol. The highest BCUT2D eigenvalue weighted by molar-refractivity contribution is 5.91. The summed E-state index contributed by atoms with van der Waals surface area (Å²) in [6, 6.07) is 8.68. The first-order valence-electron chi connectivity index (χ1n) is 6.97. The standard InChI is InChI=1S/C16H20N2O/c1-11-9-13-7-8-14(10-11)18(13)16(19)17-15-6-4-3-5-12(15)2/h3-6,13-14H,1,7-10H2,2H3,(H,17,19). The molecule has 2 atom stereocenters. The van der Waals surface area contributed by atoms with Crippen LogP contribution in [-0.2, 0) is 0 Å². The maximum atomic E-state index is 12.5. The lowest BCUT2D eigenvalue weighted by molar-refractivity contribution is 0.174. The van der Waals surface area contributed by atoms with E-state index < -0.39 is 0 Å². The average Bonchev–Trinajstić information content (AvgIpc) is 2.65. The maximum absolute atomic E-state index is 12.5. The Morgan fingerprint density at radius 2 is 1.89 bits per heavy atom. The third-order valence-corrected chi connectivity index (χ3v) is 4.29. The number of nitrogens with one attached hydrogen (secondary N) is 1. The van der Waals surface area contributed by atoms with Gasteiger partial charge in [-0.2, -0.15) is 0 Å². The number of carbonyl (C=O) groups excluding carboxylic acids is 1. The van der Waals surface area contributed by atoms with E-state index >= 15 is 0 Å². The van der Waals surface area contributed by atoms with Crippen molar-refractivity contribution in [3.05, 3.63) is 42.0 Å². The van der Waals surface area contributed by atoms with E-state index in [1.165, 1.54) is 5.57 Å². The minimum absolute atomic E-state index is 0.0503. The Bertz CT molecular complexity index is 507. The number of urea groups is 1. The number of hydrogen-bond acceptors (Lipinski definition) is 1. The van der Waals surface area contributed by atoms with Crippen LogP contribution >= 0.6 is 0 Å². The lowest BCUT2D eigenvalue weighted by Crippen LogP contribution is -2.46. The van der Waals surface area contributed by atoms with Crippen molar-refractivity contribution in [2.45, 2.75) is 44.7 Å². The molecule has 2 aliphatic heterocycles. The lowest BCUT2D eigenvalue weighted by atomic mass is 9.99. The highest BCUT2D eigenvalue weighted by Crippen LogP contribution is 2.38. The topological polar surface area (TPSA) is 32.3 Å². The zero-order valence-electron chi connectivity index (χ0n) is 11.4. The predicted octanol–water partition coefficient (Wildman–Crippen LogP) is 3.71. The van der Waals surface area contributed by atoms with Gasteiger partial charge in [-0.25, -0.2) is 4.79 Å². The van der Waals surface area contributed by atoms with E-state index in [1.807, 2.05) is 36.1 Å². The van der Waals surface area contributed by atoms with Crippen molar-refractivity contribution in [1.29, 1.82) is 0 Å². The van der Waals surface area contributed by atoms with Crippen LogP contribution in [0.5, 0.6) is 0 Å². The van der Waals surface area contributed by atoms with Gasteiger partial charge in [-0.05, 0) is 44.2 Å². The van der Waals surface area contributed by atoms with E-state index in [1.54, 1.807) is 0 Å². The first kappa shape index (κ1) is 12.3. The largest absolute Gasteiger partial charge is 0.322 e. The zero-order valence-corrected chi connectivity index (χ0v) is 11.4. The molecular formula is C16H20N2O. The summed E-state index contributed by atoms with van der Waals surface area (Å²) in [5.74, 6) is 0. The highest BCUT2D eigenvalue weighted by atomic mass is 16.2. The molecule has 0 aliphatic carbocycles. The third kappa shape index (κ3) is 2.25. The summed E-state index contributed by atoms with van der Waals surface area (Å²) in [4.78, 5) is 14.5. The van der Waals surface area contributed by atoms with Crippen molar-refractivity contribution >= 4 is 11.7 Å². The number of fused-ring (bicyclic) bond motifs is 2. The molecule has 1 N–H and O–H groups in total. The van der Waals surface area contributed by atoms with Gasteiger partial charge in [0.2, 0.25) is 0 Å². The summed E-state index contributed by atoms with van der Waals surface area (Å²) in [6.07, 6.45) is 4.17. The molecule has 2 unspecified atom stereocenters. The van der Waals surface area contributed by atoms with Gasteiger partial charge in [-0.3, -0.25) is 0 Å². The number of benzene rings is 1. The normalized spacial score (nSPS) is 25.5. The van der Waals surface area contributed by atoms with E-state index in [9.17, 15) is 4.79 Å². The Hall–Kier alpha value is -1.77. The molecule has 2 amide bonds. The van der Waals surface area contributed by atoms with Crippen LogP contribution in [-0.4, -0.2) is 23.0 Å². The molecule has 19 heavy (non-hydrogen) atoms. The number of aryl methyl sites for hydroxylation is 1. The SMILES string of the molecule is C=C1CC2CCC(C1)N2C(=O)Nc1ccccc1C. The number of anilines is 1. The summed E-state index contributed by atoms with van der Waals surface area (Å²) in [7, 11) is 0. The number of carbonyl (C=O) groups is 1. The molecule has 2 fully saturated rings. The Morgan fingerprint density at radius 1 is 1.26 bits per heavy atom. The van der Waals surface area contributed by atoms with Gasteiger partial charge in [0.05, 0.1) is 0 Å². The van der Waals surface area contributed by atoms with Crippen molar-refractivity contribution in [3.63, 3.8) is 0 Å². The van der Waals surface area contributed by atoms with Crippen LogP contribution in [0.2, 0.25) is 0 Å². The Kier molecular flexibility index (Phi) is 3.05. The number of piperidine rings is 1. The molecule has 100 valence electrons. The van der Waals surface area contributed by atoms with Crippen molar-refractivity contribution in [2.24, 2.45) is 0 Å². The van der Waals surface area contributed by atoms with Gasteiger partial charge in [-0.15, -0.1) is 0 Å². The minimum Gasteiger partial charge on any atom is -0.318 e. The molecule has 0 aromatic heterocycles. The van der Waals surface area contributed by atoms with E-state index in [4.69, 9.17) is 0 Å². The van der Waals surface area contributed by atoms with Crippen molar-refractivity contribution in [2.75, 3.05) is 5.32 Å². The van der Waals surface area contributed by atoms with Crippen LogP contribution < -0.4 is 5.32 Å². The molecule has 1 aromatic rings. The summed E-state index contributed by atoms with van der Waals surface area (Å²) in [5.41, 5.74) is 3.31. The van der Waals surface area contributed by atoms with Gasteiger partial charge in [0.15, 0.2) is 0 Å². The molecule has 2 bridgehead atoms. The second kappa shape index (κ2) is 4.72. The average molecular weight is 256 g/mol. The summed E-state index contributed by atoms with van der Waals surface area (Å²) < 4.78 is 0. The van der Waals surface area contributed by atoms with E-state index in [0.29, 0.717) is 12.1 Å². The maximum Gasteiger partial charge on any atom is 0.322 e. The Morgan fingerprint density at radius 3 is 2.53 bits per heavy atom. The number of para-hydroxylation sites is 1. The summed E-state index contributed by atoms with van der Waals surface area (Å²) in [6.45, 7) is 6.10. The lowest BCUT2D eigenvalue weighted by Gasteiger charge is -2.35. The molecule has 3 heteroatoms. The molecule has 1 aromatic carbocycles. The number of amides is 2. The van der Waals surface area contributed by atoms with Crippen LogP contribution in [0.25, 0.3) is 0 Å². The van der Waals surface area contributed by atoms with Gasteiger partial charge >= 0.3 is 6.03 Å². The van der Waals surface area contributed by atoms with Crippen LogP contribution in [0, 0.1) is 6.92 Å². The number of nitrogens with zero attached hydrogens (tertiary/aromatic N) is 1. The van der Waals surface area contributed by atoms with E-state index in [2.05, 4.69) is 11.9 Å². The number of hydrogen-bond donors (Lipinski definition) is 1. The van der Waals surface area contributed by atoms with Crippen LogP contribution in [0.1, 0.15) is 31.2 Å². The van der Waals surface area contributed by atoms with E-state index in [-0.39, 0.29) is 6.03 Å². The second-order valence-corrected chi connectivity index (χ2v) is 5.70. The van der Waals surface area contributed by atoms with Gasteiger partial charge in [0.1, 0.15) is 0 Å². The highest BCUT2D eigenvalue weighted by Gasteiger charge is 2.40. The van der Waals surface area contributed by atoms with Crippen LogP contribution in [0.4, 0.5) is 10.5 Å². The van der Waals surface area contributed by atoms with Crippen molar-refractivity contribution in [1.82, 2.24) is 4.90 Å². The van der Waals surface area contributed by atoms with Crippen molar-refractivity contribution in [3.8, 4) is 0 Å². The Labute approximate surface area is 114 Å². The minimum atomic E-state index is 0.0503. The molecule has 2 heterocycles. The fourth-order valence-electron chi connectivity index (χ4n) is 3.34. The molecule has 3 rings (SSSR count). The van der Waals surface area contributed by atoms with Gasteiger partial charge in [-0.1, -0.05) is 30.4 Å². The first-order valence-corrected chi connectivity index (χ1v) is 6.97. The molecule has 0 radical (unpaired) electrons.